The molecule has 0 saturated carbocycles. The Hall–Kier alpha value is -2.19. The molecule has 186 valence electrons. The third kappa shape index (κ3) is 9.68. The first-order valence-corrected chi connectivity index (χ1v) is 12.6. The number of amides is 1. The Morgan fingerprint density at radius 1 is 1.27 bits per heavy atom. The van der Waals surface area contributed by atoms with Crippen LogP contribution in [0.2, 0.25) is 0 Å². The van der Waals surface area contributed by atoms with Gasteiger partial charge in [-0.15, -0.1) is 0 Å². The van der Waals surface area contributed by atoms with Crippen molar-refractivity contribution < 1.29 is 19.4 Å². The lowest BCUT2D eigenvalue weighted by molar-refractivity contribution is -0.141. The summed E-state index contributed by atoms with van der Waals surface area (Å²) in [5, 5.41) is 15.3. The number of nitrogens with one attached hydrogen (secondary N) is 2. The van der Waals surface area contributed by atoms with Crippen LogP contribution in [-0.2, 0) is 27.2 Å². The fourth-order valence-corrected chi connectivity index (χ4v) is 4.14. The van der Waals surface area contributed by atoms with Crippen LogP contribution >= 0.6 is 0 Å². The van der Waals surface area contributed by atoms with Gasteiger partial charge < -0.3 is 25.4 Å². The molecule has 0 spiro atoms. The van der Waals surface area contributed by atoms with Crippen LogP contribution in [0.4, 0.5) is 5.82 Å². The van der Waals surface area contributed by atoms with E-state index in [0.29, 0.717) is 19.1 Å². The number of anilines is 1. The first-order chi connectivity index (χ1) is 16.0. The molecule has 2 aliphatic heterocycles. The number of nitrogens with zero attached hydrogens (tertiary/aromatic N) is 2. The van der Waals surface area contributed by atoms with Gasteiger partial charge in [0, 0.05) is 38.9 Å². The minimum atomic E-state index is -0.982. The number of unbranched alkanes of at least 4 members (excludes halogenated alkanes) is 1. The van der Waals surface area contributed by atoms with Gasteiger partial charge in [0.15, 0.2) is 0 Å². The number of carbonyl (C=O) groups is 2. The highest BCUT2D eigenvalue weighted by molar-refractivity contribution is 5.82. The van der Waals surface area contributed by atoms with E-state index in [2.05, 4.69) is 27.7 Å². The summed E-state index contributed by atoms with van der Waals surface area (Å²) >= 11 is 0. The van der Waals surface area contributed by atoms with Gasteiger partial charge in [-0.1, -0.05) is 19.9 Å². The monoisotopic (exact) mass is 462 g/mol. The molecule has 0 aliphatic carbocycles. The zero-order chi connectivity index (χ0) is 24.1. The third-order valence-corrected chi connectivity index (χ3v) is 6.08. The lowest BCUT2D eigenvalue weighted by Crippen LogP contribution is -2.43. The SMILES string of the molecule is CC.CC(=O)NC(CCN(CCCCc1ccc2c(n1)NCCC2)CCC1CCO1)C(=O)O. The van der Waals surface area contributed by atoms with Gasteiger partial charge in [0.1, 0.15) is 11.9 Å². The van der Waals surface area contributed by atoms with Gasteiger partial charge in [0.05, 0.1) is 6.10 Å². The molecule has 1 aromatic rings. The number of ether oxygens (including phenoxy) is 1. The second kappa shape index (κ2) is 14.9. The van der Waals surface area contributed by atoms with Gasteiger partial charge >= 0.3 is 5.97 Å². The molecule has 8 heteroatoms. The molecule has 33 heavy (non-hydrogen) atoms. The molecule has 1 aromatic heterocycles. The Morgan fingerprint density at radius 3 is 2.73 bits per heavy atom. The van der Waals surface area contributed by atoms with Crippen molar-refractivity contribution >= 4 is 17.7 Å². The van der Waals surface area contributed by atoms with Crippen molar-refractivity contribution in [2.45, 2.75) is 84.3 Å². The van der Waals surface area contributed by atoms with Crippen LogP contribution in [-0.4, -0.2) is 71.8 Å². The van der Waals surface area contributed by atoms with E-state index < -0.39 is 12.0 Å². The Kier molecular flexibility index (Phi) is 12.2. The standard InChI is InChI=1S/C23H36N4O4.C2H6/c1-17(28)25-21(23(29)30)10-15-27(14-9-20-11-16-31-20)13-3-2-6-19-8-7-18-5-4-12-24-22(18)26-19;1-2/h7-8,20-21H,2-6,9-16H2,1H3,(H,24,26)(H,25,28)(H,29,30);1-2H3. The second-order valence-electron chi connectivity index (χ2n) is 8.59. The zero-order valence-corrected chi connectivity index (χ0v) is 20.6. The fourth-order valence-electron chi connectivity index (χ4n) is 4.14. The first-order valence-electron chi connectivity index (χ1n) is 12.6. The molecular formula is C25H42N4O4. The average Bonchev–Trinajstić information content (AvgIpc) is 2.78. The molecule has 8 nitrogen and oxygen atoms in total. The van der Waals surface area contributed by atoms with Crippen LogP contribution in [0, 0.1) is 0 Å². The summed E-state index contributed by atoms with van der Waals surface area (Å²) in [6, 6.07) is 3.50. The van der Waals surface area contributed by atoms with Gasteiger partial charge in [0.25, 0.3) is 0 Å². The van der Waals surface area contributed by atoms with Crippen LogP contribution < -0.4 is 10.6 Å². The Labute approximate surface area is 198 Å². The molecule has 0 bridgehead atoms. The Bertz CT molecular complexity index is 739. The summed E-state index contributed by atoms with van der Waals surface area (Å²) < 4.78 is 5.53. The van der Waals surface area contributed by atoms with Crippen molar-refractivity contribution in [1.82, 2.24) is 15.2 Å². The summed E-state index contributed by atoms with van der Waals surface area (Å²) in [5.41, 5.74) is 2.44. The number of pyridine rings is 1. The smallest absolute Gasteiger partial charge is 0.326 e. The lowest BCUT2D eigenvalue weighted by Gasteiger charge is -2.30. The average molecular weight is 463 g/mol. The van der Waals surface area contributed by atoms with E-state index in [9.17, 15) is 14.7 Å². The molecule has 3 N–H and O–H groups in total. The van der Waals surface area contributed by atoms with Gasteiger partial charge in [0.2, 0.25) is 5.91 Å². The molecule has 1 amide bonds. The van der Waals surface area contributed by atoms with Crippen LogP contribution in [0.5, 0.6) is 0 Å². The maximum atomic E-state index is 11.4. The van der Waals surface area contributed by atoms with Crippen molar-refractivity contribution in [1.29, 1.82) is 0 Å². The van der Waals surface area contributed by atoms with Gasteiger partial charge in [-0.05, 0) is 69.5 Å². The summed E-state index contributed by atoms with van der Waals surface area (Å²) in [6.07, 6.45) is 8.08. The molecule has 2 aliphatic rings. The highest BCUT2D eigenvalue weighted by Crippen LogP contribution is 2.20. The van der Waals surface area contributed by atoms with E-state index in [1.807, 2.05) is 13.8 Å². The van der Waals surface area contributed by atoms with Crippen molar-refractivity contribution in [3.8, 4) is 0 Å². The highest BCUT2D eigenvalue weighted by atomic mass is 16.5. The van der Waals surface area contributed by atoms with Crippen LogP contribution in [0.25, 0.3) is 0 Å². The van der Waals surface area contributed by atoms with Crippen molar-refractivity contribution in [3.63, 3.8) is 0 Å². The Balaban J connectivity index is 0.00000187. The third-order valence-electron chi connectivity index (χ3n) is 6.08. The van der Waals surface area contributed by atoms with Crippen molar-refractivity contribution in [2.75, 3.05) is 38.1 Å². The van der Waals surface area contributed by atoms with Gasteiger partial charge in [-0.25, -0.2) is 9.78 Å². The predicted octanol–water partition coefficient (Wildman–Crippen LogP) is 3.25. The molecule has 1 saturated heterocycles. The lowest BCUT2D eigenvalue weighted by atomic mass is 10.1. The summed E-state index contributed by atoms with van der Waals surface area (Å²) in [5.74, 6) is -0.248. The molecule has 0 radical (unpaired) electrons. The van der Waals surface area contributed by atoms with Gasteiger partial charge in [-0.2, -0.15) is 0 Å². The quantitative estimate of drug-likeness (QED) is 0.387. The molecule has 3 rings (SSSR count). The molecular weight excluding hydrogens is 420 g/mol. The van der Waals surface area contributed by atoms with E-state index in [1.54, 1.807) is 0 Å². The Morgan fingerprint density at radius 2 is 2.06 bits per heavy atom. The summed E-state index contributed by atoms with van der Waals surface area (Å²) in [6.45, 7) is 9.63. The van der Waals surface area contributed by atoms with E-state index >= 15 is 0 Å². The molecule has 2 atom stereocenters. The number of carboxylic acids is 1. The summed E-state index contributed by atoms with van der Waals surface area (Å²) in [7, 11) is 0. The van der Waals surface area contributed by atoms with Crippen LogP contribution in [0.15, 0.2) is 12.1 Å². The molecule has 0 aromatic carbocycles. The normalized spacial score (nSPS) is 17.6. The van der Waals surface area contributed by atoms with Gasteiger partial charge in [-0.3, -0.25) is 4.79 Å². The van der Waals surface area contributed by atoms with E-state index in [1.165, 1.54) is 18.9 Å². The van der Waals surface area contributed by atoms with Crippen LogP contribution in [0.3, 0.4) is 0 Å². The number of carboxylic acid groups (broad SMARTS) is 1. The number of aromatic nitrogens is 1. The fraction of sp³-hybridized carbons (Fsp3) is 0.720. The number of fused-ring (bicyclic) bond motifs is 1. The van der Waals surface area contributed by atoms with Crippen molar-refractivity contribution in [3.05, 3.63) is 23.4 Å². The number of rotatable bonds is 13. The minimum Gasteiger partial charge on any atom is -0.480 e. The minimum absolute atomic E-state index is 0.311. The number of carbonyl (C=O) groups excluding carboxylic acids is 1. The maximum Gasteiger partial charge on any atom is 0.326 e. The summed E-state index contributed by atoms with van der Waals surface area (Å²) in [4.78, 5) is 29.8. The number of hydrogen-bond donors (Lipinski definition) is 3. The maximum absolute atomic E-state index is 11.4. The number of aliphatic carboxylic acids is 1. The van der Waals surface area contributed by atoms with E-state index in [0.717, 1.165) is 76.3 Å². The number of hydrogen-bond acceptors (Lipinski definition) is 6. The van der Waals surface area contributed by atoms with E-state index in [-0.39, 0.29) is 5.91 Å². The molecule has 2 unspecified atom stereocenters. The largest absolute Gasteiger partial charge is 0.480 e. The predicted molar refractivity (Wildman–Crippen MR) is 131 cm³/mol. The first kappa shape index (κ1) is 27.1. The number of aryl methyl sites for hydroxylation is 2. The zero-order valence-electron chi connectivity index (χ0n) is 20.6. The molecule has 1 fully saturated rings. The van der Waals surface area contributed by atoms with Crippen molar-refractivity contribution in [2.24, 2.45) is 0 Å². The van der Waals surface area contributed by atoms with E-state index in [4.69, 9.17) is 9.72 Å². The van der Waals surface area contributed by atoms with Crippen LogP contribution in [0.1, 0.15) is 70.6 Å². The highest BCUT2D eigenvalue weighted by Gasteiger charge is 2.22. The topological polar surface area (TPSA) is 104 Å². The molecule has 3 heterocycles. The second-order valence-corrected chi connectivity index (χ2v) is 8.59.